The maximum atomic E-state index is 14.1. The Hall–Kier alpha value is -3.51. The normalized spacial score (nSPS) is 36.7. The summed E-state index contributed by atoms with van der Waals surface area (Å²) in [4.78, 5) is 30.4. The monoisotopic (exact) mass is 839 g/mol. The van der Waals surface area contributed by atoms with Gasteiger partial charge in [-0.05, 0) is 103 Å². The molecule has 5 N–H and O–H groups in total. The first-order valence-electron chi connectivity index (χ1n) is 20.4. The number of esters is 1. The van der Waals surface area contributed by atoms with Gasteiger partial charge in [-0.2, -0.15) is 13.2 Å². The number of aliphatic hydroxyl groups excluding tert-OH is 2. The van der Waals surface area contributed by atoms with E-state index in [0.29, 0.717) is 12.3 Å². The number of amides is 2. The van der Waals surface area contributed by atoms with Gasteiger partial charge < -0.3 is 49.6 Å². The number of nitrogens with zero attached hydrogens (tertiary/aromatic N) is 2. The van der Waals surface area contributed by atoms with Crippen LogP contribution in [-0.2, 0) is 25.2 Å². The molecule has 2 aromatic rings. The number of anilines is 1. The lowest BCUT2D eigenvalue weighted by Crippen LogP contribution is -2.62. The van der Waals surface area contributed by atoms with Gasteiger partial charge in [0.25, 0.3) is 0 Å². The highest BCUT2D eigenvalue weighted by atomic mass is 19.4. The Bertz CT molecular complexity index is 1670. The number of nitrogens with one attached hydrogen (secondary N) is 1. The molecule has 2 amide bonds. The summed E-state index contributed by atoms with van der Waals surface area (Å²) in [5, 5.41) is 50.1. The highest BCUT2D eigenvalue weighted by Crippen LogP contribution is 2.38. The predicted molar refractivity (Wildman–Crippen MR) is 214 cm³/mol. The third kappa shape index (κ3) is 11.5. The van der Waals surface area contributed by atoms with Crippen molar-refractivity contribution in [3.05, 3.63) is 60.2 Å². The molecular formula is C43H64F3N3O10. The van der Waals surface area contributed by atoms with Crippen molar-refractivity contribution < 1.29 is 62.1 Å². The average Bonchev–Trinajstić information content (AvgIpc) is 3.19. The zero-order valence-electron chi connectivity index (χ0n) is 35.7. The minimum absolute atomic E-state index is 0.115. The van der Waals surface area contributed by atoms with Gasteiger partial charge in [-0.25, -0.2) is 4.79 Å². The number of cyclic esters (lactones) is 1. The number of aliphatic hydroxyl groups is 4. The molecule has 2 heterocycles. The van der Waals surface area contributed by atoms with Crippen molar-refractivity contribution >= 4 is 17.7 Å². The Morgan fingerprint density at radius 2 is 1.59 bits per heavy atom. The minimum atomic E-state index is -4.55. The van der Waals surface area contributed by atoms with Crippen LogP contribution in [0.25, 0.3) is 0 Å². The Morgan fingerprint density at radius 3 is 2.17 bits per heavy atom. The number of halogens is 3. The van der Waals surface area contributed by atoms with Gasteiger partial charge in [-0.15, -0.1) is 0 Å². The number of para-hydroxylation sites is 1. The predicted octanol–water partition coefficient (Wildman–Crippen LogP) is 5.37. The first kappa shape index (κ1) is 48.2. The molecule has 0 saturated carbocycles. The van der Waals surface area contributed by atoms with Gasteiger partial charge in [-0.3, -0.25) is 9.69 Å². The summed E-state index contributed by atoms with van der Waals surface area (Å²) in [5.41, 5.74) is -4.15. The Morgan fingerprint density at radius 1 is 0.983 bits per heavy atom. The summed E-state index contributed by atoms with van der Waals surface area (Å²) in [6, 6.07) is 11.1. The highest BCUT2D eigenvalue weighted by molar-refractivity contribution is 5.91. The lowest BCUT2D eigenvalue weighted by atomic mass is 9.78. The molecule has 2 aliphatic heterocycles. The van der Waals surface area contributed by atoms with E-state index in [1.165, 1.54) is 42.8 Å². The van der Waals surface area contributed by atoms with Crippen LogP contribution in [0.15, 0.2) is 54.6 Å². The number of carbonyl (C=O) groups excluding carboxylic acids is 2. The second-order valence-electron chi connectivity index (χ2n) is 17.1. The van der Waals surface area contributed by atoms with E-state index in [9.17, 15) is 43.2 Å². The second-order valence-corrected chi connectivity index (χ2v) is 17.1. The van der Waals surface area contributed by atoms with E-state index >= 15 is 0 Å². The third-order valence-electron chi connectivity index (χ3n) is 12.0. The molecule has 59 heavy (non-hydrogen) atoms. The summed E-state index contributed by atoms with van der Waals surface area (Å²) in [6.07, 6.45) is -12.0. The number of carbonyl (C=O) groups is 2. The van der Waals surface area contributed by atoms with Crippen molar-refractivity contribution in [2.75, 3.05) is 25.5 Å². The van der Waals surface area contributed by atoms with Gasteiger partial charge in [-0.1, -0.05) is 39.0 Å². The van der Waals surface area contributed by atoms with Crippen LogP contribution in [0.5, 0.6) is 5.75 Å². The molecule has 14 atom stereocenters. The molecule has 0 bridgehead atoms. The van der Waals surface area contributed by atoms with E-state index in [0.717, 1.165) is 12.1 Å². The average molecular weight is 840 g/mol. The van der Waals surface area contributed by atoms with Crippen LogP contribution in [-0.4, -0.2) is 124 Å². The van der Waals surface area contributed by atoms with Gasteiger partial charge in [0.15, 0.2) is 12.4 Å². The quantitative estimate of drug-likeness (QED) is 0.228. The van der Waals surface area contributed by atoms with Crippen molar-refractivity contribution in [2.45, 2.75) is 147 Å². The molecule has 2 fully saturated rings. The smallest absolute Gasteiger partial charge is 0.416 e. The Kier molecular flexibility index (Phi) is 15.9. The van der Waals surface area contributed by atoms with Crippen LogP contribution >= 0.6 is 0 Å². The number of urea groups is 1. The molecule has 2 aromatic carbocycles. The van der Waals surface area contributed by atoms with E-state index in [1.807, 2.05) is 6.92 Å². The lowest BCUT2D eigenvalue weighted by molar-refractivity contribution is -0.293. The van der Waals surface area contributed by atoms with Gasteiger partial charge in [0, 0.05) is 31.7 Å². The number of hydrogen-bond acceptors (Lipinski definition) is 11. The van der Waals surface area contributed by atoms with Gasteiger partial charge in [0.05, 0.1) is 41.4 Å². The maximum Gasteiger partial charge on any atom is 0.416 e. The van der Waals surface area contributed by atoms with Crippen LogP contribution in [0.3, 0.4) is 0 Å². The van der Waals surface area contributed by atoms with Crippen LogP contribution in [0.2, 0.25) is 0 Å². The molecule has 2 aliphatic rings. The van der Waals surface area contributed by atoms with Crippen molar-refractivity contribution in [2.24, 2.45) is 17.8 Å². The minimum Gasteiger partial charge on any atom is -0.483 e. The van der Waals surface area contributed by atoms with Gasteiger partial charge in [0.1, 0.15) is 23.6 Å². The summed E-state index contributed by atoms with van der Waals surface area (Å²) in [5.74, 6) is -2.78. The number of hydrogen-bond donors (Lipinski definition) is 5. The van der Waals surface area contributed by atoms with Crippen molar-refractivity contribution in [3.8, 4) is 5.75 Å². The number of alkyl halides is 3. The van der Waals surface area contributed by atoms with E-state index in [1.54, 1.807) is 72.0 Å². The molecule has 0 aliphatic carbocycles. The van der Waals surface area contributed by atoms with Gasteiger partial charge >= 0.3 is 18.2 Å². The lowest BCUT2D eigenvalue weighted by Gasteiger charge is -2.48. The molecule has 2 saturated heterocycles. The SMILES string of the molecule is CC[C@H]1OC(=O)[C@H](C)[C@@H](O)[C@H](C)[C@@H](O[C@@H]2O[C@H](C)C[C@H](N(C)C(=O)N(C)c3ccc(C(F)(F)F)cc3)[C@H]2Oc2ccccc2)[C@](C)(O)C[C@@H](C)CN[C@H](C)[C@@H](O)[C@]1(C)O. The zero-order valence-corrected chi connectivity index (χ0v) is 35.7. The molecule has 4 rings (SSSR count). The third-order valence-corrected chi connectivity index (χ3v) is 12.0. The number of ether oxygens (including phenoxy) is 4. The number of rotatable bonds is 7. The van der Waals surface area contributed by atoms with Crippen molar-refractivity contribution in [1.82, 2.24) is 10.2 Å². The molecule has 0 unspecified atom stereocenters. The van der Waals surface area contributed by atoms with Crippen LogP contribution in [0.4, 0.5) is 23.7 Å². The molecule has 332 valence electrons. The van der Waals surface area contributed by atoms with Crippen LogP contribution in [0.1, 0.15) is 80.2 Å². The standard InChI is InChI=1S/C43H64F3N3O10/c1-11-33-42(8,55)36(51)28(6)47-23-24(2)22-41(7,54)37(26(4)34(50)27(5)38(52)58-33)59-39-35(57-31-15-13-12-14-16-31)32(21-25(3)56-39)49(10)40(53)48(9)30-19-17-29(18-20-30)43(44,45)46/h12-20,24-28,32-37,39,47,50-51,54-55H,11,21-23H2,1-10H3/t24-,25-,26+,27-,28-,32+,33-,34+,35-,36-,37-,39+,41-,42-/m1/s1. The van der Waals surface area contributed by atoms with E-state index < -0.39 is 102 Å². The first-order chi connectivity index (χ1) is 27.4. The zero-order chi connectivity index (χ0) is 44.2. The number of benzene rings is 2. The fraction of sp³-hybridized carbons (Fsp3) is 0.674. The fourth-order valence-corrected chi connectivity index (χ4v) is 8.37. The summed E-state index contributed by atoms with van der Waals surface area (Å²) in [6.45, 7) is 13.5. The topological polar surface area (TPSA) is 170 Å². The van der Waals surface area contributed by atoms with Crippen molar-refractivity contribution in [1.29, 1.82) is 0 Å². The molecule has 0 aromatic heterocycles. The van der Waals surface area contributed by atoms with E-state index in [4.69, 9.17) is 18.9 Å². The maximum absolute atomic E-state index is 14.1. The van der Waals surface area contributed by atoms with Gasteiger partial charge in [0.2, 0.25) is 0 Å². The summed E-state index contributed by atoms with van der Waals surface area (Å²) in [7, 11) is 3.01. The largest absolute Gasteiger partial charge is 0.483 e. The molecule has 13 nitrogen and oxygen atoms in total. The Labute approximate surface area is 345 Å². The fourth-order valence-electron chi connectivity index (χ4n) is 8.37. The summed E-state index contributed by atoms with van der Waals surface area (Å²) < 4.78 is 65.5. The highest BCUT2D eigenvalue weighted by Gasteiger charge is 2.51. The second kappa shape index (κ2) is 19.5. The molecule has 0 spiro atoms. The summed E-state index contributed by atoms with van der Waals surface area (Å²) >= 11 is 0. The van der Waals surface area contributed by atoms with Crippen LogP contribution in [0, 0.1) is 17.8 Å². The molecule has 16 heteroatoms. The van der Waals surface area contributed by atoms with E-state index in [2.05, 4.69) is 5.32 Å². The first-order valence-corrected chi connectivity index (χ1v) is 20.4. The number of likely N-dealkylation sites (N-methyl/N-ethyl adjacent to an activating group) is 1. The van der Waals surface area contributed by atoms with Crippen molar-refractivity contribution in [3.63, 3.8) is 0 Å². The molecule has 0 radical (unpaired) electrons. The Balaban J connectivity index is 1.73. The van der Waals surface area contributed by atoms with Crippen LogP contribution < -0.4 is 15.0 Å². The molecular weight excluding hydrogens is 775 g/mol. The van der Waals surface area contributed by atoms with E-state index in [-0.39, 0.29) is 30.9 Å².